The molecular formula is C13H10F3N5O3. The van der Waals surface area contributed by atoms with Crippen molar-refractivity contribution in [3.63, 3.8) is 0 Å². The van der Waals surface area contributed by atoms with E-state index in [0.717, 1.165) is 0 Å². The van der Waals surface area contributed by atoms with Gasteiger partial charge in [0.2, 0.25) is 0 Å². The molecule has 1 aliphatic rings. The second-order valence-corrected chi connectivity index (χ2v) is 5.02. The van der Waals surface area contributed by atoms with Gasteiger partial charge >= 0.3 is 12.0 Å². The third-order valence-electron chi connectivity index (χ3n) is 3.48. The summed E-state index contributed by atoms with van der Waals surface area (Å²) >= 11 is 0. The van der Waals surface area contributed by atoms with Gasteiger partial charge in [0.25, 0.3) is 0 Å². The number of nitrogens with zero attached hydrogens (tertiary/aromatic N) is 4. The smallest absolute Gasteiger partial charge is 0.358 e. The summed E-state index contributed by atoms with van der Waals surface area (Å²) in [7, 11) is 0. The first-order valence-corrected chi connectivity index (χ1v) is 6.73. The van der Waals surface area contributed by atoms with Crippen molar-refractivity contribution in [2.75, 3.05) is 11.9 Å². The average molecular weight is 341 g/mol. The fourth-order valence-corrected chi connectivity index (χ4v) is 2.31. The van der Waals surface area contributed by atoms with Crippen LogP contribution in [0.1, 0.15) is 16.2 Å². The quantitative estimate of drug-likeness (QED) is 0.805. The molecule has 0 fully saturated rings. The SMILES string of the molecule is O=C(O)c1nnn2c1CN(C(=O)Nc1cc(F)c(F)c(F)c1)CC2. The van der Waals surface area contributed by atoms with Crippen LogP contribution in [-0.4, -0.2) is 43.5 Å². The number of nitrogens with one attached hydrogen (secondary N) is 1. The van der Waals surface area contributed by atoms with Crippen molar-refractivity contribution in [2.45, 2.75) is 13.1 Å². The molecule has 0 saturated carbocycles. The van der Waals surface area contributed by atoms with Gasteiger partial charge in [-0.05, 0) is 0 Å². The van der Waals surface area contributed by atoms with Crippen molar-refractivity contribution in [1.82, 2.24) is 19.9 Å². The van der Waals surface area contributed by atoms with Gasteiger partial charge in [0.1, 0.15) is 0 Å². The summed E-state index contributed by atoms with van der Waals surface area (Å²) in [5, 5.41) is 18.5. The van der Waals surface area contributed by atoms with Crippen LogP contribution in [0.2, 0.25) is 0 Å². The summed E-state index contributed by atoms with van der Waals surface area (Å²) in [4.78, 5) is 24.4. The number of carbonyl (C=O) groups excluding carboxylic acids is 1. The number of aromatic carboxylic acids is 1. The van der Waals surface area contributed by atoms with E-state index in [0.29, 0.717) is 12.1 Å². The van der Waals surface area contributed by atoms with Crippen molar-refractivity contribution in [2.24, 2.45) is 0 Å². The second-order valence-electron chi connectivity index (χ2n) is 5.02. The number of rotatable bonds is 2. The van der Waals surface area contributed by atoms with E-state index in [9.17, 15) is 22.8 Å². The summed E-state index contributed by atoms with van der Waals surface area (Å²) < 4.78 is 40.6. The number of hydrogen-bond acceptors (Lipinski definition) is 4. The molecule has 0 unspecified atom stereocenters. The number of aromatic nitrogens is 3. The zero-order valence-electron chi connectivity index (χ0n) is 12.0. The summed E-state index contributed by atoms with van der Waals surface area (Å²) in [5.74, 6) is -5.77. The monoisotopic (exact) mass is 341 g/mol. The molecule has 2 heterocycles. The molecule has 0 aliphatic carbocycles. The lowest BCUT2D eigenvalue weighted by Gasteiger charge is -2.27. The van der Waals surface area contributed by atoms with E-state index in [1.54, 1.807) is 0 Å². The Balaban J connectivity index is 1.77. The number of anilines is 1. The first kappa shape index (κ1) is 15.8. The number of fused-ring (bicyclic) bond motifs is 1. The normalized spacial score (nSPS) is 13.5. The van der Waals surface area contributed by atoms with Crippen LogP contribution in [0.3, 0.4) is 0 Å². The van der Waals surface area contributed by atoms with Gasteiger partial charge in [-0.25, -0.2) is 27.4 Å². The van der Waals surface area contributed by atoms with Crippen molar-refractivity contribution in [3.8, 4) is 0 Å². The molecular weight excluding hydrogens is 331 g/mol. The molecule has 0 spiro atoms. The maximum absolute atomic E-state index is 13.2. The second kappa shape index (κ2) is 5.83. The van der Waals surface area contributed by atoms with Gasteiger partial charge in [0, 0.05) is 24.4 Å². The van der Waals surface area contributed by atoms with Crippen LogP contribution in [0.25, 0.3) is 0 Å². The van der Waals surface area contributed by atoms with Gasteiger partial charge in [-0.15, -0.1) is 5.10 Å². The topological polar surface area (TPSA) is 100 Å². The maximum atomic E-state index is 13.2. The lowest BCUT2D eigenvalue weighted by Crippen LogP contribution is -2.41. The number of carbonyl (C=O) groups is 2. The third-order valence-corrected chi connectivity index (χ3v) is 3.48. The van der Waals surface area contributed by atoms with Crippen LogP contribution < -0.4 is 5.32 Å². The summed E-state index contributed by atoms with van der Waals surface area (Å²) in [5.41, 5.74) is -0.293. The van der Waals surface area contributed by atoms with E-state index in [4.69, 9.17) is 5.11 Å². The van der Waals surface area contributed by atoms with Crippen molar-refractivity contribution >= 4 is 17.7 Å². The lowest BCUT2D eigenvalue weighted by molar-refractivity contribution is 0.0687. The van der Waals surface area contributed by atoms with Crippen LogP contribution in [-0.2, 0) is 13.1 Å². The number of hydrogen-bond donors (Lipinski definition) is 2. The van der Waals surface area contributed by atoms with Crippen molar-refractivity contribution in [3.05, 3.63) is 41.0 Å². The Morgan fingerprint density at radius 1 is 1.17 bits per heavy atom. The van der Waals surface area contributed by atoms with Crippen molar-refractivity contribution in [1.29, 1.82) is 0 Å². The number of halogens is 3. The molecule has 8 nitrogen and oxygen atoms in total. The fourth-order valence-electron chi connectivity index (χ4n) is 2.31. The minimum absolute atomic E-state index is 0.0906. The molecule has 1 aromatic heterocycles. The predicted molar refractivity (Wildman–Crippen MR) is 72.7 cm³/mol. The highest BCUT2D eigenvalue weighted by Gasteiger charge is 2.28. The van der Waals surface area contributed by atoms with Gasteiger partial charge in [0.15, 0.2) is 23.1 Å². The lowest BCUT2D eigenvalue weighted by atomic mass is 10.2. The molecule has 0 atom stereocenters. The van der Waals surface area contributed by atoms with Crippen LogP contribution in [0.4, 0.5) is 23.7 Å². The van der Waals surface area contributed by atoms with Gasteiger partial charge in [-0.3, -0.25) is 0 Å². The summed E-state index contributed by atoms with van der Waals surface area (Å²) in [6.07, 6.45) is 0. The number of amides is 2. The Kier molecular flexibility index (Phi) is 3.83. The summed E-state index contributed by atoms with van der Waals surface area (Å²) in [6.45, 7) is 0.315. The van der Waals surface area contributed by atoms with Gasteiger partial charge < -0.3 is 15.3 Å². The molecule has 0 radical (unpaired) electrons. The third kappa shape index (κ3) is 2.75. The molecule has 1 aliphatic heterocycles. The Hall–Kier alpha value is -3.11. The van der Waals surface area contributed by atoms with Gasteiger partial charge in [-0.2, -0.15) is 0 Å². The Labute approximate surface area is 132 Å². The number of urea groups is 1. The molecule has 0 saturated heterocycles. The molecule has 2 aromatic rings. The highest BCUT2D eigenvalue weighted by Crippen LogP contribution is 2.19. The van der Waals surface area contributed by atoms with Crippen LogP contribution >= 0.6 is 0 Å². The molecule has 11 heteroatoms. The van der Waals surface area contributed by atoms with E-state index in [1.165, 1.54) is 9.58 Å². The minimum Gasteiger partial charge on any atom is -0.476 e. The molecule has 0 bridgehead atoms. The minimum atomic E-state index is -1.63. The largest absolute Gasteiger partial charge is 0.476 e. The van der Waals surface area contributed by atoms with E-state index < -0.39 is 29.5 Å². The number of carboxylic acid groups (broad SMARTS) is 1. The van der Waals surface area contributed by atoms with Crippen LogP contribution in [0.5, 0.6) is 0 Å². The molecule has 2 N–H and O–H groups in total. The number of benzene rings is 1. The Bertz CT molecular complexity index is 815. The standard InChI is InChI=1S/C13H10F3N5O3/c14-7-3-6(4-8(15)10(7)16)17-13(24)20-1-2-21-9(5-20)11(12(22)23)18-19-21/h3-4H,1-2,5H2,(H,17,24)(H,22,23). The first-order chi connectivity index (χ1) is 11.4. The van der Waals surface area contributed by atoms with Crippen LogP contribution in [0, 0.1) is 17.5 Å². The van der Waals surface area contributed by atoms with E-state index in [2.05, 4.69) is 15.6 Å². The van der Waals surface area contributed by atoms with E-state index >= 15 is 0 Å². The predicted octanol–water partition coefficient (Wildman–Crippen LogP) is 1.44. The van der Waals surface area contributed by atoms with Crippen molar-refractivity contribution < 1.29 is 27.9 Å². The Morgan fingerprint density at radius 2 is 1.83 bits per heavy atom. The van der Waals surface area contributed by atoms with E-state index in [-0.39, 0.29) is 36.7 Å². The molecule has 3 rings (SSSR count). The zero-order valence-corrected chi connectivity index (χ0v) is 12.0. The van der Waals surface area contributed by atoms with E-state index in [1.807, 2.05) is 0 Å². The molecule has 126 valence electrons. The Morgan fingerprint density at radius 3 is 2.46 bits per heavy atom. The fraction of sp³-hybridized carbons (Fsp3) is 0.231. The highest BCUT2D eigenvalue weighted by molar-refractivity contribution is 5.90. The van der Waals surface area contributed by atoms with Crippen LogP contribution in [0.15, 0.2) is 12.1 Å². The average Bonchev–Trinajstić information content (AvgIpc) is 2.95. The summed E-state index contributed by atoms with van der Waals surface area (Å²) in [6, 6.07) is 0.577. The maximum Gasteiger partial charge on any atom is 0.358 e. The van der Waals surface area contributed by atoms with Gasteiger partial charge in [0.05, 0.1) is 18.8 Å². The zero-order chi connectivity index (χ0) is 17.4. The highest BCUT2D eigenvalue weighted by atomic mass is 19.2. The first-order valence-electron chi connectivity index (χ1n) is 6.73. The molecule has 2 amide bonds. The molecule has 24 heavy (non-hydrogen) atoms. The number of carboxylic acids is 1. The molecule has 1 aromatic carbocycles. The van der Waals surface area contributed by atoms with Gasteiger partial charge in [-0.1, -0.05) is 5.21 Å².